The van der Waals surface area contributed by atoms with Gasteiger partial charge in [-0.3, -0.25) is 0 Å². The van der Waals surface area contributed by atoms with Crippen LogP contribution >= 0.6 is 0 Å². The van der Waals surface area contributed by atoms with Crippen molar-refractivity contribution in [2.24, 2.45) is 4.99 Å². The summed E-state index contributed by atoms with van der Waals surface area (Å²) in [4.78, 5) is 3.90. The predicted molar refractivity (Wildman–Crippen MR) is 124 cm³/mol. The molecule has 0 spiro atoms. The zero-order chi connectivity index (χ0) is 25.7. The number of hydrogen-bond donors (Lipinski definition) is 0. The average Bonchev–Trinajstić information content (AvgIpc) is 3.15. The molecule has 8 heteroatoms. The van der Waals surface area contributed by atoms with Gasteiger partial charge in [-0.15, -0.1) is 0 Å². The standard InChI is InChI=1S/C28H14F6N2/c29-27(30,31)24-7-3-1-5-18(24)16-9-11-20-21-12-10-17(14-23(21)26(36-15-35)22(20)13-16)19-6-2-4-8-25(19)28(32,33)34/h1-14H. The quantitative estimate of drug-likeness (QED) is 0.180. The fourth-order valence-electron chi connectivity index (χ4n) is 4.56. The Morgan fingerprint density at radius 2 is 0.944 bits per heavy atom. The predicted octanol–water partition coefficient (Wildman–Crippen LogP) is 8.36. The Kier molecular flexibility index (Phi) is 5.44. The minimum atomic E-state index is -4.57. The third kappa shape index (κ3) is 3.93. The number of aliphatic imine (C=N–C) groups is 1. The van der Waals surface area contributed by atoms with E-state index in [2.05, 4.69) is 4.99 Å². The van der Waals surface area contributed by atoms with Crippen molar-refractivity contribution in [3.05, 3.63) is 107 Å². The van der Waals surface area contributed by atoms with Gasteiger partial charge in [0.05, 0.1) is 16.8 Å². The number of rotatable bonds is 2. The molecule has 0 saturated carbocycles. The van der Waals surface area contributed by atoms with Crippen molar-refractivity contribution in [2.75, 3.05) is 0 Å². The summed E-state index contributed by atoms with van der Waals surface area (Å²) in [7, 11) is 0. The van der Waals surface area contributed by atoms with E-state index in [0.29, 0.717) is 22.3 Å². The molecule has 0 atom stereocenters. The second-order valence-corrected chi connectivity index (χ2v) is 8.17. The Morgan fingerprint density at radius 3 is 1.33 bits per heavy atom. The van der Waals surface area contributed by atoms with Crippen LogP contribution < -0.4 is 0 Å². The fourth-order valence-corrected chi connectivity index (χ4v) is 4.56. The zero-order valence-corrected chi connectivity index (χ0v) is 18.2. The van der Waals surface area contributed by atoms with Gasteiger partial charge in [-0.25, -0.2) is 0 Å². The van der Waals surface area contributed by atoms with Crippen LogP contribution in [0.3, 0.4) is 0 Å². The summed E-state index contributed by atoms with van der Waals surface area (Å²) in [5.41, 5.74) is 1.22. The van der Waals surface area contributed by atoms with Gasteiger partial charge >= 0.3 is 12.4 Å². The van der Waals surface area contributed by atoms with Gasteiger partial charge in [0.15, 0.2) is 0 Å². The van der Waals surface area contributed by atoms with Gasteiger partial charge in [0.25, 0.3) is 0 Å². The highest BCUT2D eigenvalue weighted by molar-refractivity contribution is 6.25. The fraction of sp³-hybridized carbons (Fsp3) is 0.0714. The molecule has 0 bridgehead atoms. The third-order valence-corrected chi connectivity index (χ3v) is 6.09. The highest BCUT2D eigenvalue weighted by atomic mass is 19.4. The first kappa shape index (κ1) is 23.4. The maximum absolute atomic E-state index is 13.6. The SMILES string of the molecule is N#CN=C1c2cc(-c3ccccc3C(F)(F)F)ccc2-c2ccc(-c3ccccc3C(F)(F)F)cc21. The molecule has 0 fully saturated rings. The summed E-state index contributed by atoms with van der Waals surface area (Å²) < 4.78 is 81.6. The van der Waals surface area contributed by atoms with Crippen LogP contribution in [0.2, 0.25) is 0 Å². The van der Waals surface area contributed by atoms with Crippen molar-refractivity contribution in [3.63, 3.8) is 0 Å². The summed E-state index contributed by atoms with van der Waals surface area (Å²) >= 11 is 0. The van der Waals surface area contributed by atoms with Crippen LogP contribution in [0.5, 0.6) is 0 Å². The van der Waals surface area contributed by atoms with Crippen LogP contribution in [-0.4, -0.2) is 5.71 Å². The van der Waals surface area contributed by atoms with E-state index in [1.807, 2.05) is 0 Å². The molecule has 2 nitrogen and oxygen atoms in total. The summed E-state index contributed by atoms with van der Waals surface area (Å²) in [5.74, 6) is 0. The number of nitrogens with zero attached hydrogens (tertiary/aromatic N) is 2. The van der Waals surface area contributed by atoms with Gasteiger partial charge in [-0.05, 0) is 57.6 Å². The second kappa shape index (κ2) is 8.38. The molecule has 0 aromatic heterocycles. The van der Waals surface area contributed by atoms with E-state index in [4.69, 9.17) is 0 Å². The molecule has 4 aromatic rings. The lowest BCUT2D eigenvalue weighted by molar-refractivity contribution is -0.137. The molecule has 0 unspecified atom stereocenters. The average molecular weight is 492 g/mol. The van der Waals surface area contributed by atoms with Gasteiger partial charge in [0.2, 0.25) is 6.19 Å². The summed E-state index contributed by atoms with van der Waals surface area (Å²) in [5, 5.41) is 9.32. The van der Waals surface area contributed by atoms with Crippen molar-refractivity contribution < 1.29 is 26.3 Å². The van der Waals surface area contributed by atoms with E-state index in [0.717, 1.165) is 12.1 Å². The van der Waals surface area contributed by atoms with Crippen LogP contribution in [-0.2, 0) is 12.4 Å². The van der Waals surface area contributed by atoms with Gasteiger partial charge in [0.1, 0.15) is 0 Å². The van der Waals surface area contributed by atoms with Crippen LogP contribution in [0.25, 0.3) is 33.4 Å². The molecule has 5 rings (SSSR count). The maximum atomic E-state index is 13.6. The van der Waals surface area contributed by atoms with Gasteiger partial charge in [0, 0.05) is 11.1 Å². The van der Waals surface area contributed by atoms with Crippen molar-refractivity contribution in [1.82, 2.24) is 0 Å². The Balaban J connectivity index is 1.67. The number of alkyl halides is 6. The Bertz CT molecular complexity index is 1460. The molecule has 1 aliphatic carbocycles. The van der Waals surface area contributed by atoms with Crippen LogP contribution in [0.1, 0.15) is 22.3 Å². The number of hydrogen-bond acceptors (Lipinski definition) is 2. The number of nitriles is 1. The van der Waals surface area contributed by atoms with Crippen molar-refractivity contribution in [3.8, 4) is 39.6 Å². The lowest BCUT2D eigenvalue weighted by atomic mass is 9.95. The highest BCUT2D eigenvalue weighted by Crippen LogP contribution is 2.44. The summed E-state index contributed by atoms with van der Waals surface area (Å²) in [6.45, 7) is 0. The minimum Gasteiger partial charge on any atom is -0.172 e. The normalized spacial score (nSPS) is 12.6. The largest absolute Gasteiger partial charge is 0.417 e. The van der Waals surface area contributed by atoms with Gasteiger partial charge in [-0.1, -0.05) is 60.7 Å². The first-order valence-electron chi connectivity index (χ1n) is 10.7. The molecule has 1 aliphatic rings. The molecule has 0 heterocycles. The van der Waals surface area contributed by atoms with Crippen molar-refractivity contribution in [2.45, 2.75) is 12.4 Å². The Morgan fingerprint density at radius 1 is 0.528 bits per heavy atom. The Hall–Kier alpha value is -4.38. The molecule has 0 amide bonds. The van der Waals surface area contributed by atoms with E-state index < -0.39 is 23.5 Å². The monoisotopic (exact) mass is 492 g/mol. The summed E-state index contributed by atoms with van der Waals surface area (Å²) in [6.07, 6.45) is -7.42. The van der Waals surface area contributed by atoms with Crippen LogP contribution in [0, 0.1) is 11.5 Å². The molecule has 0 N–H and O–H groups in total. The number of halogens is 6. The van der Waals surface area contributed by atoms with Crippen molar-refractivity contribution in [1.29, 1.82) is 5.26 Å². The van der Waals surface area contributed by atoms with E-state index in [9.17, 15) is 31.6 Å². The molecule has 0 saturated heterocycles. The van der Waals surface area contributed by atoms with E-state index in [1.54, 1.807) is 30.5 Å². The van der Waals surface area contributed by atoms with Crippen molar-refractivity contribution >= 4 is 5.71 Å². The lowest BCUT2D eigenvalue weighted by Gasteiger charge is -2.14. The molecular weight excluding hydrogens is 478 g/mol. The molecule has 36 heavy (non-hydrogen) atoms. The second-order valence-electron chi connectivity index (χ2n) is 8.17. The number of fused-ring (bicyclic) bond motifs is 3. The molecule has 0 aliphatic heterocycles. The summed E-state index contributed by atoms with van der Waals surface area (Å²) in [6, 6.07) is 19.8. The first-order chi connectivity index (χ1) is 17.1. The van der Waals surface area contributed by atoms with E-state index in [-0.39, 0.29) is 28.0 Å². The molecule has 178 valence electrons. The third-order valence-electron chi connectivity index (χ3n) is 6.09. The molecule has 4 aromatic carbocycles. The topological polar surface area (TPSA) is 36.1 Å². The van der Waals surface area contributed by atoms with Crippen LogP contribution in [0.15, 0.2) is 89.9 Å². The maximum Gasteiger partial charge on any atom is 0.417 e. The highest BCUT2D eigenvalue weighted by Gasteiger charge is 2.35. The lowest BCUT2D eigenvalue weighted by Crippen LogP contribution is -2.07. The van der Waals surface area contributed by atoms with Crippen LogP contribution in [0.4, 0.5) is 26.3 Å². The zero-order valence-electron chi connectivity index (χ0n) is 18.2. The number of benzene rings is 4. The van der Waals surface area contributed by atoms with Gasteiger partial charge < -0.3 is 0 Å². The minimum absolute atomic E-state index is 0.0279. The molecular formula is C28H14F6N2. The molecule has 0 radical (unpaired) electrons. The first-order valence-corrected chi connectivity index (χ1v) is 10.7. The van der Waals surface area contributed by atoms with Gasteiger partial charge in [-0.2, -0.15) is 36.6 Å². The Labute approximate surface area is 201 Å². The van der Waals surface area contributed by atoms with E-state index >= 15 is 0 Å². The van der Waals surface area contributed by atoms with E-state index in [1.165, 1.54) is 48.5 Å². The smallest absolute Gasteiger partial charge is 0.172 e.